The minimum atomic E-state index is -0.367. The van der Waals surface area contributed by atoms with Crippen LogP contribution in [-0.2, 0) is 4.79 Å². The van der Waals surface area contributed by atoms with E-state index in [0.717, 1.165) is 17.0 Å². The number of hydrazone groups is 1. The van der Waals surface area contributed by atoms with Gasteiger partial charge in [0.25, 0.3) is 5.91 Å². The van der Waals surface area contributed by atoms with E-state index in [4.69, 9.17) is 4.74 Å². The first-order chi connectivity index (χ1) is 17.0. The molecule has 10 nitrogen and oxygen atoms in total. The normalized spacial score (nSPS) is 11.0. The number of carbonyl (C=O) groups excluding carboxylic acids is 1. The molecule has 0 spiro atoms. The Labute approximate surface area is 205 Å². The Morgan fingerprint density at radius 2 is 2.00 bits per heavy atom. The zero-order valence-electron chi connectivity index (χ0n) is 18.7. The fraction of sp³-hybridized carbons (Fsp3) is 0.125. The molecule has 4 rings (SSSR count). The summed E-state index contributed by atoms with van der Waals surface area (Å²) < 4.78 is 7.38. The quantitative estimate of drug-likeness (QED) is 0.185. The minimum absolute atomic E-state index is 0.0289. The van der Waals surface area contributed by atoms with Crippen LogP contribution in [0.5, 0.6) is 17.2 Å². The van der Waals surface area contributed by atoms with Gasteiger partial charge in [-0.2, -0.15) is 5.10 Å². The van der Waals surface area contributed by atoms with Crippen molar-refractivity contribution in [1.29, 1.82) is 0 Å². The van der Waals surface area contributed by atoms with Crippen molar-refractivity contribution in [2.24, 2.45) is 5.10 Å². The highest BCUT2D eigenvalue weighted by Gasteiger charge is 2.17. The van der Waals surface area contributed by atoms with Gasteiger partial charge in [-0.05, 0) is 55.5 Å². The van der Waals surface area contributed by atoms with Crippen LogP contribution in [0.1, 0.15) is 12.5 Å². The van der Waals surface area contributed by atoms with Crippen LogP contribution in [0.3, 0.4) is 0 Å². The number of carbonyl (C=O) groups is 1. The number of benzene rings is 2. The number of phenols is 2. The van der Waals surface area contributed by atoms with Gasteiger partial charge in [-0.1, -0.05) is 11.8 Å². The van der Waals surface area contributed by atoms with Crippen LogP contribution in [0.2, 0.25) is 0 Å². The highest BCUT2D eigenvalue weighted by atomic mass is 32.2. The number of thioether (sulfide) groups is 1. The summed E-state index contributed by atoms with van der Waals surface area (Å²) in [6, 6.07) is 15.3. The molecular weight excluding hydrogens is 468 g/mol. The van der Waals surface area contributed by atoms with Crippen LogP contribution in [0.4, 0.5) is 0 Å². The van der Waals surface area contributed by atoms with E-state index in [9.17, 15) is 15.0 Å². The van der Waals surface area contributed by atoms with Gasteiger partial charge in [-0.15, -0.1) is 10.2 Å². The number of aromatic nitrogens is 4. The average molecular weight is 491 g/mol. The lowest BCUT2D eigenvalue weighted by molar-refractivity contribution is -0.118. The molecular formula is C24H22N6O4S. The van der Waals surface area contributed by atoms with Crippen LogP contribution in [-0.4, -0.2) is 54.4 Å². The van der Waals surface area contributed by atoms with Crippen molar-refractivity contribution in [2.45, 2.75) is 12.1 Å². The summed E-state index contributed by atoms with van der Waals surface area (Å²) in [5, 5.41) is 32.1. The molecule has 0 aliphatic rings. The number of rotatable bonds is 9. The molecule has 3 N–H and O–H groups in total. The molecule has 0 fully saturated rings. The van der Waals surface area contributed by atoms with E-state index >= 15 is 0 Å². The Morgan fingerprint density at radius 1 is 1.17 bits per heavy atom. The predicted molar refractivity (Wildman–Crippen MR) is 132 cm³/mol. The Balaban J connectivity index is 1.50. The minimum Gasteiger partial charge on any atom is -0.508 e. The summed E-state index contributed by atoms with van der Waals surface area (Å²) in [6.45, 7) is 2.49. The van der Waals surface area contributed by atoms with E-state index in [0.29, 0.717) is 23.2 Å². The van der Waals surface area contributed by atoms with Crippen molar-refractivity contribution in [3.05, 3.63) is 72.6 Å². The number of nitrogens with one attached hydrogen (secondary N) is 1. The molecule has 0 atom stereocenters. The van der Waals surface area contributed by atoms with Crippen molar-refractivity contribution in [1.82, 2.24) is 25.2 Å². The smallest absolute Gasteiger partial charge is 0.250 e. The first-order valence-electron chi connectivity index (χ1n) is 10.6. The Hall–Kier alpha value is -4.38. The molecule has 0 aliphatic heterocycles. The van der Waals surface area contributed by atoms with Crippen LogP contribution < -0.4 is 10.2 Å². The summed E-state index contributed by atoms with van der Waals surface area (Å²) in [7, 11) is 0. The van der Waals surface area contributed by atoms with Gasteiger partial charge in [0.2, 0.25) is 0 Å². The Morgan fingerprint density at radius 3 is 2.71 bits per heavy atom. The molecule has 0 aliphatic carbocycles. The number of hydrogen-bond donors (Lipinski definition) is 3. The number of phenolic OH excluding ortho intramolecular Hbond substituents is 2. The largest absolute Gasteiger partial charge is 0.508 e. The molecule has 0 unspecified atom stereocenters. The van der Waals surface area contributed by atoms with Gasteiger partial charge in [-0.3, -0.25) is 14.3 Å². The second-order valence-corrected chi connectivity index (χ2v) is 8.08. The van der Waals surface area contributed by atoms with E-state index in [1.165, 1.54) is 36.2 Å². The zero-order valence-corrected chi connectivity index (χ0v) is 19.5. The number of pyridine rings is 1. The number of hydrogen-bond acceptors (Lipinski definition) is 9. The molecule has 35 heavy (non-hydrogen) atoms. The predicted octanol–water partition coefficient (Wildman–Crippen LogP) is 3.38. The van der Waals surface area contributed by atoms with Crippen LogP contribution in [0.15, 0.2) is 77.2 Å². The molecule has 2 aromatic carbocycles. The molecule has 2 heterocycles. The first-order valence-corrected chi connectivity index (χ1v) is 11.6. The molecule has 11 heteroatoms. The van der Waals surface area contributed by atoms with E-state index in [2.05, 4.69) is 25.7 Å². The Kier molecular flexibility index (Phi) is 7.58. The van der Waals surface area contributed by atoms with Crippen molar-refractivity contribution >= 4 is 23.9 Å². The third kappa shape index (κ3) is 5.95. The number of amides is 1. The standard InChI is InChI=1S/C24H22N6O4S/c1-2-34-20-9-6-18(7-10-20)30-23(17-4-3-11-25-13-17)28-29-24(30)35-15-22(33)27-26-14-16-5-8-19(31)12-21(16)32/h3-14,31-32H,2,15H2,1H3,(H,27,33). The SMILES string of the molecule is CCOc1ccc(-n2c(SCC(=O)NN=Cc3ccc(O)cc3O)nnc2-c2cccnc2)cc1. The molecule has 1 amide bonds. The molecule has 2 aromatic heterocycles. The summed E-state index contributed by atoms with van der Waals surface area (Å²) in [5.74, 6) is 0.783. The summed E-state index contributed by atoms with van der Waals surface area (Å²) in [5.41, 5.74) is 4.36. The highest BCUT2D eigenvalue weighted by molar-refractivity contribution is 7.99. The fourth-order valence-corrected chi connectivity index (χ4v) is 3.86. The second-order valence-electron chi connectivity index (χ2n) is 7.14. The maximum Gasteiger partial charge on any atom is 0.250 e. The van der Waals surface area contributed by atoms with E-state index in [-0.39, 0.29) is 23.2 Å². The highest BCUT2D eigenvalue weighted by Crippen LogP contribution is 2.28. The summed E-state index contributed by atoms with van der Waals surface area (Å²) in [6.07, 6.45) is 4.67. The lowest BCUT2D eigenvalue weighted by Crippen LogP contribution is -2.20. The monoisotopic (exact) mass is 490 g/mol. The third-order valence-corrected chi connectivity index (χ3v) is 5.63. The van der Waals surface area contributed by atoms with Gasteiger partial charge < -0.3 is 14.9 Å². The number of aromatic hydroxyl groups is 2. The van der Waals surface area contributed by atoms with Gasteiger partial charge >= 0.3 is 0 Å². The lowest BCUT2D eigenvalue weighted by Gasteiger charge is -2.11. The van der Waals surface area contributed by atoms with Crippen LogP contribution in [0.25, 0.3) is 17.1 Å². The van der Waals surface area contributed by atoms with Gasteiger partial charge in [0.1, 0.15) is 17.2 Å². The van der Waals surface area contributed by atoms with Crippen molar-refractivity contribution < 1.29 is 19.7 Å². The van der Waals surface area contributed by atoms with Crippen molar-refractivity contribution in [3.8, 4) is 34.3 Å². The van der Waals surface area contributed by atoms with E-state index < -0.39 is 0 Å². The van der Waals surface area contributed by atoms with E-state index in [1.807, 2.05) is 47.9 Å². The maximum atomic E-state index is 12.4. The lowest BCUT2D eigenvalue weighted by atomic mass is 10.2. The molecule has 0 bridgehead atoms. The first kappa shape index (κ1) is 23.8. The number of ether oxygens (including phenoxy) is 1. The van der Waals surface area contributed by atoms with Gasteiger partial charge in [-0.25, -0.2) is 5.43 Å². The maximum absolute atomic E-state index is 12.4. The molecule has 178 valence electrons. The van der Waals surface area contributed by atoms with Crippen molar-refractivity contribution in [3.63, 3.8) is 0 Å². The van der Waals surface area contributed by atoms with Crippen LogP contribution in [0, 0.1) is 0 Å². The summed E-state index contributed by atoms with van der Waals surface area (Å²) in [4.78, 5) is 16.5. The van der Waals surface area contributed by atoms with Gasteiger partial charge in [0, 0.05) is 35.3 Å². The third-order valence-electron chi connectivity index (χ3n) is 4.70. The van der Waals surface area contributed by atoms with Gasteiger partial charge in [0.05, 0.1) is 18.6 Å². The Bertz CT molecular complexity index is 1330. The molecule has 0 saturated heterocycles. The molecule has 0 radical (unpaired) electrons. The summed E-state index contributed by atoms with van der Waals surface area (Å²) >= 11 is 1.20. The molecule has 0 saturated carbocycles. The topological polar surface area (TPSA) is 135 Å². The molecule has 4 aromatic rings. The second kappa shape index (κ2) is 11.2. The van der Waals surface area contributed by atoms with Gasteiger partial charge in [0.15, 0.2) is 11.0 Å². The zero-order chi connectivity index (χ0) is 24.6. The van der Waals surface area contributed by atoms with Crippen molar-refractivity contribution in [2.75, 3.05) is 12.4 Å². The fourth-order valence-electron chi connectivity index (χ4n) is 3.11. The average Bonchev–Trinajstić information content (AvgIpc) is 3.29. The van der Waals surface area contributed by atoms with Crippen LogP contribution >= 0.6 is 11.8 Å². The number of nitrogens with zero attached hydrogens (tertiary/aromatic N) is 5. The van der Waals surface area contributed by atoms with E-state index in [1.54, 1.807) is 12.4 Å².